The van der Waals surface area contributed by atoms with Gasteiger partial charge in [-0.25, -0.2) is 0 Å². The van der Waals surface area contributed by atoms with Gasteiger partial charge in [-0.05, 0) is 17.7 Å². The summed E-state index contributed by atoms with van der Waals surface area (Å²) < 4.78 is 0. The summed E-state index contributed by atoms with van der Waals surface area (Å²) in [7, 11) is 0. The molecular weight excluding hydrogens is 178 g/mol. The van der Waals surface area contributed by atoms with Crippen molar-refractivity contribution in [3.8, 4) is 11.1 Å². The minimum Gasteiger partial charge on any atom is -0.366 e. The molecule has 0 saturated carbocycles. The first-order chi connectivity index (χ1) is 6.77. The molecule has 14 heavy (non-hydrogen) atoms. The number of hydrogen-bond donors (Lipinski definition) is 2. The monoisotopic (exact) mass is 187 g/mol. The van der Waals surface area contributed by atoms with Crippen LogP contribution < -0.4 is 5.73 Å². The fourth-order valence-corrected chi connectivity index (χ4v) is 1.24. The number of rotatable bonds is 2. The van der Waals surface area contributed by atoms with Crippen molar-refractivity contribution in [2.45, 2.75) is 0 Å². The molecule has 0 bridgehead atoms. The minimum absolute atomic E-state index is 0.413. The zero-order valence-corrected chi connectivity index (χ0v) is 7.40. The average Bonchev–Trinajstić information content (AvgIpc) is 2.71. The van der Waals surface area contributed by atoms with Crippen LogP contribution in [-0.4, -0.2) is 16.1 Å². The number of nitrogens with two attached hydrogens (primary N) is 1. The molecule has 70 valence electrons. The third kappa shape index (κ3) is 1.50. The summed E-state index contributed by atoms with van der Waals surface area (Å²) in [5, 5.41) is 6.56. The Morgan fingerprint density at radius 3 is 2.43 bits per heavy atom. The summed E-state index contributed by atoms with van der Waals surface area (Å²) in [6, 6.07) is 7.07. The van der Waals surface area contributed by atoms with Gasteiger partial charge in [0.25, 0.3) is 0 Å². The van der Waals surface area contributed by atoms with Crippen molar-refractivity contribution in [3.63, 3.8) is 0 Å². The Morgan fingerprint density at radius 1 is 1.21 bits per heavy atom. The molecule has 0 radical (unpaired) electrons. The molecule has 0 atom stereocenters. The lowest BCUT2D eigenvalue weighted by Crippen LogP contribution is -2.10. The molecule has 4 nitrogen and oxygen atoms in total. The largest absolute Gasteiger partial charge is 0.366 e. The van der Waals surface area contributed by atoms with Crippen LogP contribution in [0, 0.1) is 0 Å². The highest BCUT2D eigenvalue weighted by Gasteiger charge is 2.01. The summed E-state index contributed by atoms with van der Waals surface area (Å²) in [6.45, 7) is 0. The molecule has 0 aliphatic rings. The molecule has 0 spiro atoms. The third-order valence-electron chi connectivity index (χ3n) is 2.00. The quantitative estimate of drug-likeness (QED) is 0.740. The van der Waals surface area contributed by atoms with E-state index >= 15 is 0 Å². The van der Waals surface area contributed by atoms with Gasteiger partial charge in [-0.3, -0.25) is 9.89 Å². The first-order valence-corrected chi connectivity index (χ1v) is 4.16. The minimum atomic E-state index is -0.413. The number of H-pyrrole nitrogens is 1. The van der Waals surface area contributed by atoms with Crippen LogP contribution >= 0.6 is 0 Å². The molecule has 4 heteroatoms. The highest BCUT2D eigenvalue weighted by molar-refractivity contribution is 5.93. The third-order valence-corrected chi connectivity index (χ3v) is 2.00. The van der Waals surface area contributed by atoms with Crippen molar-refractivity contribution >= 4 is 5.91 Å². The van der Waals surface area contributed by atoms with Gasteiger partial charge in [0.15, 0.2) is 0 Å². The van der Waals surface area contributed by atoms with E-state index < -0.39 is 5.91 Å². The first-order valence-electron chi connectivity index (χ1n) is 4.16. The van der Waals surface area contributed by atoms with Crippen LogP contribution in [0.15, 0.2) is 36.7 Å². The fraction of sp³-hybridized carbons (Fsp3) is 0. The number of primary amides is 1. The number of nitrogens with zero attached hydrogens (tertiary/aromatic N) is 1. The van der Waals surface area contributed by atoms with Gasteiger partial charge in [0.2, 0.25) is 5.91 Å². The Kier molecular flexibility index (Phi) is 2.02. The predicted molar refractivity (Wildman–Crippen MR) is 52.5 cm³/mol. The number of nitrogens with one attached hydrogen (secondary N) is 1. The van der Waals surface area contributed by atoms with E-state index in [9.17, 15) is 4.79 Å². The maximum Gasteiger partial charge on any atom is 0.248 e. The van der Waals surface area contributed by atoms with Crippen LogP contribution in [0.25, 0.3) is 11.1 Å². The van der Waals surface area contributed by atoms with Gasteiger partial charge in [-0.1, -0.05) is 12.1 Å². The number of hydrogen-bond acceptors (Lipinski definition) is 2. The molecule has 0 aliphatic heterocycles. The van der Waals surface area contributed by atoms with E-state index in [1.54, 1.807) is 24.5 Å². The average molecular weight is 187 g/mol. The van der Waals surface area contributed by atoms with E-state index in [-0.39, 0.29) is 0 Å². The van der Waals surface area contributed by atoms with E-state index in [0.29, 0.717) is 5.56 Å². The van der Waals surface area contributed by atoms with E-state index in [1.807, 2.05) is 12.1 Å². The van der Waals surface area contributed by atoms with Gasteiger partial charge >= 0.3 is 0 Å². The second kappa shape index (κ2) is 3.33. The molecule has 1 heterocycles. The predicted octanol–water partition coefficient (Wildman–Crippen LogP) is 1.18. The molecule has 3 N–H and O–H groups in total. The van der Waals surface area contributed by atoms with E-state index in [0.717, 1.165) is 11.1 Å². The summed E-state index contributed by atoms with van der Waals surface area (Å²) in [5.41, 5.74) is 7.63. The lowest BCUT2D eigenvalue weighted by atomic mass is 10.1. The fourth-order valence-electron chi connectivity index (χ4n) is 1.24. The number of aromatic nitrogens is 2. The summed E-state index contributed by atoms with van der Waals surface area (Å²) >= 11 is 0. The number of carbonyl (C=O) groups is 1. The SMILES string of the molecule is NC(=O)c1ccc(-c2cn[nH]c2)cc1. The summed E-state index contributed by atoms with van der Waals surface area (Å²) in [5.74, 6) is -0.413. The van der Waals surface area contributed by atoms with Gasteiger partial charge < -0.3 is 5.73 Å². The highest BCUT2D eigenvalue weighted by atomic mass is 16.1. The zero-order chi connectivity index (χ0) is 9.97. The van der Waals surface area contributed by atoms with Crippen molar-refractivity contribution in [1.82, 2.24) is 10.2 Å². The number of carbonyl (C=O) groups excluding carboxylic acids is 1. The lowest BCUT2D eigenvalue weighted by Gasteiger charge is -1.98. The Balaban J connectivity index is 2.36. The van der Waals surface area contributed by atoms with Gasteiger partial charge in [0, 0.05) is 17.3 Å². The van der Waals surface area contributed by atoms with Gasteiger partial charge in [0.05, 0.1) is 6.20 Å². The Hall–Kier alpha value is -2.10. The normalized spacial score (nSPS) is 10.0. The Labute approximate surface area is 80.8 Å². The lowest BCUT2D eigenvalue weighted by molar-refractivity contribution is 0.100. The number of aromatic amines is 1. The van der Waals surface area contributed by atoms with E-state index in [4.69, 9.17) is 5.73 Å². The highest BCUT2D eigenvalue weighted by Crippen LogP contribution is 2.17. The molecule has 1 aromatic carbocycles. The van der Waals surface area contributed by atoms with Crippen LogP contribution in [0.4, 0.5) is 0 Å². The van der Waals surface area contributed by atoms with Crippen LogP contribution in [0.1, 0.15) is 10.4 Å². The molecular formula is C10H9N3O. The zero-order valence-electron chi connectivity index (χ0n) is 7.40. The summed E-state index contributed by atoms with van der Waals surface area (Å²) in [6.07, 6.45) is 3.51. The molecule has 1 amide bonds. The maximum atomic E-state index is 10.8. The van der Waals surface area contributed by atoms with Gasteiger partial charge in [-0.2, -0.15) is 5.10 Å². The molecule has 0 unspecified atom stereocenters. The smallest absolute Gasteiger partial charge is 0.248 e. The molecule has 0 aliphatic carbocycles. The van der Waals surface area contributed by atoms with Crippen LogP contribution in [-0.2, 0) is 0 Å². The molecule has 2 aromatic rings. The second-order valence-corrected chi connectivity index (χ2v) is 2.93. The van der Waals surface area contributed by atoms with Gasteiger partial charge in [-0.15, -0.1) is 0 Å². The summed E-state index contributed by atoms with van der Waals surface area (Å²) in [4.78, 5) is 10.8. The van der Waals surface area contributed by atoms with Crippen molar-refractivity contribution in [2.24, 2.45) is 5.73 Å². The molecule has 1 aromatic heterocycles. The topological polar surface area (TPSA) is 71.8 Å². The van der Waals surface area contributed by atoms with E-state index in [1.165, 1.54) is 0 Å². The van der Waals surface area contributed by atoms with Crippen LogP contribution in [0.2, 0.25) is 0 Å². The molecule has 0 saturated heterocycles. The van der Waals surface area contributed by atoms with Crippen LogP contribution in [0.5, 0.6) is 0 Å². The standard InChI is InChI=1S/C10H9N3O/c11-10(14)8-3-1-7(2-4-8)9-5-12-13-6-9/h1-6H,(H2,11,14)(H,12,13). The first kappa shape index (κ1) is 8.50. The Morgan fingerprint density at radius 2 is 1.93 bits per heavy atom. The van der Waals surface area contributed by atoms with Crippen molar-refractivity contribution < 1.29 is 4.79 Å². The molecule has 2 rings (SSSR count). The number of benzene rings is 1. The number of amides is 1. The van der Waals surface area contributed by atoms with E-state index in [2.05, 4.69) is 10.2 Å². The van der Waals surface area contributed by atoms with Crippen molar-refractivity contribution in [3.05, 3.63) is 42.2 Å². The Bertz CT molecular complexity index is 431. The van der Waals surface area contributed by atoms with Crippen molar-refractivity contribution in [2.75, 3.05) is 0 Å². The van der Waals surface area contributed by atoms with Gasteiger partial charge in [0.1, 0.15) is 0 Å². The maximum absolute atomic E-state index is 10.8. The van der Waals surface area contributed by atoms with Crippen molar-refractivity contribution in [1.29, 1.82) is 0 Å². The second-order valence-electron chi connectivity index (χ2n) is 2.93. The molecule has 0 fully saturated rings. The van der Waals surface area contributed by atoms with Crippen LogP contribution in [0.3, 0.4) is 0 Å².